The number of halogens is 1. The molecule has 0 aromatic heterocycles. The second-order valence-corrected chi connectivity index (χ2v) is 7.38. The van der Waals surface area contributed by atoms with Gasteiger partial charge in [-0.1, -0.05) is 24.3 Å². The number of carbonyl (C=O) groups excluding carboxylic acids is 2. The second kappa shape index (κ2) is 7.54. The van der Waals surface area contributed by atoms with E-state index in [1.807, 2.05) is 31.2 Å². The Hall–Kier alpha value is -3.02. The summed E-state index contributed by atoms with van der Waals surface area (Å²) in [4.78, 5) is 27.4. The summed E-state index contributed by atoms with van der Waals surface area (Å²) in [5, 5.41) is 5.75. The van der Waals surface area contributed by atoms with Crippen molar-refractivity contribution in [2.45, 2.75) is 45.2 Å². The van der Waals surface area contributed by atoms with Crippen molar-refractivity contribution in [3.8, 4) is 0 Å². The van der Waals surface area contributed by atoms with Gasteiger partial charge < -0.3 is 4.90 Å². The number of hydrogen-bond donors (Lipinski definition) is 0. The van der Waals surface area contributed by atoms with Gasteiger partial charge in [-0.15, -0.1) is 0 Å². The molecule has 1 saturated carbocycles. The summed E-state index contributed by atoms with van der Waals surface area (Å²) in [5.41, 5.74) is 2.97. The van der Waals surface area contributed by atoms with Crippen molar-refractivity contribution in [2.24, 2.45) is 5.10 Å². The van der Waals surface area contributed by atoms with Crippen molar-refractivity contribution in [3.05, 3.63) is 65.5 Å². The molecule has 0 unspecified atom stereocenters. The molecule has 4 rings (SSSR count). The van der Waals surface area contributed by atoms with Crippen LogP contribution in [0.3, 0.4) is 0 Å². The Morgan fingerprint density at radius 1 is 1.18 bits per heavy atom. The highest BCUT2D eigenvalue weighted by Crippen LogP contribution is 2.30. The maximum absolute atomic E-state index is 13.2. The topological polar surface area (TPSA) is 53.0 Å². The number of hydrogen-bond acceptors (Lipinski definition) is 3. The second-order valence-electron chi connectivity index (χ2n) is 7.38. The summed E-state index contributed by atoms with van der Waals surface area (Å²) in [6.07, 6.45) is 2.52. The van der Waals surface area contributed by atoms with E-state index in [0.717, 1.165) is 24.0 Å². The van der Waals surface area contributed by atoms with Crippen molar-refractivity contribution in [1.29, 1.82) is 0 Å². The molecule has 6 heteroatoms. The Morgan fingerprint density at radius 2 is 1.93 bits per heavy atom. The van der Waals surface area contributed by atoms with E-state index in [-0.39, 0.29) is 30.1 Å². The number of aryl methyl sites for hydroxylation is 1. The van der Waals surface area contributed by atoms with Gasteiger partial charge in [0, 0.05) is 25.4 Å². The minimum absolute atomic E-state index is 0.112. The van der Waals surface area contributed by atoms with Gasteiger partial charge in [-0.05, 0) is 55.2 Å². The molecular formula is C22H22FN3O2. The average Bonchev–Trinajstić information content (AvgIpc) is 3.52. The quantitative estimate of drug-likeness (QED) is 0.793. The van der Waals surface area contributed by atoms with Crippen molar-refractivity contribution in [3.63, 3.8) is 0 Å². The molecule has 0 radical (unpaired) electrons. The first-order chi connectivity index (χ1) is 13.5. The number of carbonyl (C=O) groups is 2. The van der Waals surface area contributed by atoms with E-state index in [1.54, 1.807) is 17.0 Å². The predicted molar refractivity (Wildman–Crippen MR) is 105 cm³/mol. The van der Waals surface area contributed by atoms with E-state index in [9.17, 15) is 14.0 Å². The molecule has 144 valence electrons. The summed E-state index contributed by atoms with van der Waals surface area (Å²) in [6.45, 7) is 2.37. The maximum atomic E-state index is 13.2. The third-order valence-electron chi connectivity index (χ3n) is 5.04. The van der Waals surface area contributed by atoms with E-state index in [1.165, 1.54) is 17.1 Å². The summed E-state index contributed by atoms with van der Waals surface area (Å²) in [6, 6.07) is 13.9. The van der Waals surface area contributed by atoms with Gasteiger partial charge in [0.1, 0.15) is 11.5 Å². The molecule has 1 aliphatic carbocycles. The van der Waals surface area contributed by atoms with Crippen LogP contribution in [0.4, 0.5) is 10.1 Å². The van der Waals surface area contributed by atoms with Crippen LogP contribution in [0, 0.1) is 12.7 Å². The fourth-order valence-electron chi connectivity index (χ4n) is 3.37. The molecule has 0 spiro atoms. The summed E-state index contributed by atoms with van der Waals surface area (Å²) >= 11 is 0. The fourth-order valence-corrected chi connectivity index (χ4v) is 3.37. The number of rotatable bonds is 5. The lowest BCUT2D eigenvalue weighted by atomic mass is 10.1. The molecule has 2 aromatic carbocycles. The average molecular weight is 379 g/mol. The SMILES string of the molecule is Cc1cccc(N2N=C(C(=O)N(Cc3ccc(F)cc3)C3CC3)CCC2=O)c1. The molecule has 5 nitrogen and oxygen atoms in total. The number of nitrogens with zero attached hydrogens (tertiary/aromatic N) is 3. The van der Waals surface area contributed by atoms with Crippen LogP contribution in [-0.2, 0) is 16.1 Å². The highest BCUT2D eigenvalue weighted by atomic mass is 19.1. The van der Waals surface area contributed by atoms with Crippen molar-refractivity contribution in [1.82, 2.24) is 4.90 Å². The predicted octanol–water partition coefficient (Wildman–Crippen LogP) is 3.81. The zero-order chi connectivity index (χ0) is 19.7. The van der Waals surface area contributed by atoms with Gasteiger partial charge >= 0.3 is 0 Å². The fraction of sp³-hybridized carbons (Fsp3) is 0.318. The van der Waals surface area contributed by atoms with Crippen molar-refractivity contribution < 1.29 is 14.0 Å². The first-order valence-electron chi connectivity index (χ1n) is 9.54. The lowest BCUT2D eigenvalue weighted by molar-refractivity contribution is -0.125. The van der Waals surface area contributed by atoms with Gasteiger partial charge in [-0.3, -0.25) is 9.59 Å². The Morgan fingerprint density at radius 3 is 2.61 bits per heavy atom. The van der Waals surface area contributed by atoms with E-state index >= 15 is 0 Å². The lowest BCUT2D eigenvalue weighted by Gasteiger charge is -2.27. The lowest BCUT2D eigenvalue weighted by Crippen LogP contribution is -2.42. The van der Waals surface area contributed by atoms with Crippen LogP contribution in [-0.4, -0.2) is 28.5 Å². The molecule has 1 aliphatic heterocycles. The van der Waals surface area contributed by atoms with Gasteiger partial charge in [0.05, 0.1) is 5.69 Å². The van der Waals surface area contributed by atoms with Crippen LogP contribution in [0.2, 0.25) is 0 Å². The molecule has 1 heterocycles. The molecular weight excluding hydrogens is 357 g/mol. The number of anilines is 1. The van der Waals surface area contributed by atoms with Crippen LogP contribution in [0.5, 0.6) is 0 Å². The minimum Gasteiger partial charge on any atom is -0.330 e. The molecule has 28 heavy (non-hydrogen) atoms. The molecule has 1 fully saturated rings. The first kappa shape index (κ1) is 18.3. The molecule has 0 atom stereocenters. The van der Waals surface area contributed by atoms with E-state index in [2.05, 4.69) is 5.10 Å². The largest absolute Gasteiger partial charge is 0.330 e. The van der Waals surface area contributed by atoms with E-state index < -0.39 is 0 Å². The Kier molecular flexibility index (Phi) is 4.94. The third-order valence-corrected chi connectivity index (χ3v) is 5.04. The molecule has 2 amide bonds. The first-order valence-corrected chi connectivity index (χ1v) is 9.54. The summed E-state index contributed by atoms with van der Waals surface area (Å²) < 4.78 is 13.2. The third kappa shape index (κ3) is 3.96. The monoisotopic (exact) mass is 379 g/mol. The van der Waals surface area contributed by atoms with Crippen LogP contribution in [0.15, 0.2) is 53.6 Å². The number of hydrazone groups is 1. The maximum Gasteiger partial charge on any atom is 0.270 e. The van der Waals surface area contributed by atoms with Gasteiger partial charge in [0.2, 0.25) is 5.91 Å². The smallest absolute Gasteiger partial charge is 0.270 e. The van der Waals surface area contributed by atoms with Gasteiger partial charge in [-0.25, -0.2) is 9.40 Å². The van der Waals surface area contributed by atoms with Gasteiger partial charge in [-0.2, -0.15) is 5.10 Å². The van der Waals surface area contributed by atoms with Crippen LogP contribution < -0.4 is 5.01 Å². The van der Waals surface area contributed by atoms with Gasteiger partial charge in [0.25, 0.3) is 5.91 Å². The number of benzene rings is 2. The highest BCUT2D eigenvalue weighted by Gasteiger charge is 2.36. The Labute approximate surface area is 163 Å². The summed E-state index contributed by atoms with van der Waals surface area (Å²) in [7, 11) is 0. The molecule has 0 N–H and O–H groups in total. The van der Waals surface area contributed by atoms with Crippen LogP contribution in [0.25, 0.3) is 0 Å². The molecule has 0 bridgehead atoms. The minimum atomic E-state index is -0.294. The number of amides is 2. The standard InChI is InChI=1S/C22H22FN3O2/c1-15-3-2-4-19(13-15)26-21(27)12-11-20(24-26)22(28)25(18-9-10-18)14-16-5-7-17(23)8-6-16/h2-8,13,18H,9-12,14H2,1H3. The van der Waals surface area contributed by atoms with Crippen molar-refractivity contribution >= 4 is 23.2 Å². The molecule has 0 saturated heterocycles. The van der Waals surface area contributed by atoms with Crippen molar-refractivity contribution in [2.75, 3.05) is 5.01 Å². The summed E-state index contributed by atoms with van der Waals surface area (Å²) in [5.74, 6) is -0.548. The zero-order valence-electron chi connectivity index (χ0n) is 15.8. The van der Waals surface area contributed by atoms with Gasteiger partial charge in [0.15, 0.2) is 0 Å². The van der Waals surface area contributed by atoms with Crippen LogP contribution in [0.1, 0.15) is 36.8 Å². The normalized spacial score (nSPS) is 16.7. The van der Waals surface area contributed by atoms with E-state index in [4.69, 9.17) is 0 Å². The Balaban J connectivity index is 1.58. The Bertz CT molecular complexity index is 935. The van der Waals surface area contributed by atoms with Crippen LogP contribution >= 0.6 is 0 Å². The zero-order valence-corrected chi connectivity index (χ0v) is 15.8. The van der Waals surface area contributed by atoms with E-state index in [0.29, 0.717) is 24.4 Å². The molecule has 2 aromatic rings. The highest BCUT2D eigenvalue weighted by molar-refractivity contribution is 6.40. The molecule has 2 aliphatic rings.